The Morgan fingerprint density at radius 1 is 1.13 bits per heavy atom. The van der Waals surface area contributed by atoms with E-state index in [0.29, 0.717) is 90.6 Å². The zero-order chi connectivity index (χ0) is 27.4. The Balaban J connectivity index is 1.34. The number of carboxylic acid groups (broad SMARTS) is 1. The molecule has 39 heavy (non-hydrogen) atoms. The molecule has 204 valence electrons. The van der Waals surface area contributed by atoms with Gasteiger partial charge in [-0.1, -0.05) is 36.5 Å². The highest BCUT2D eigenvalue weighted by molar-refractivity contribution is 8.26. The van der Waals surface area contributed by atoms with E-state index in [0.717, 1.165) is 17.5 Å². The van der Waals surface area contributed by atoms with E-state index in [4.69, 9.17) is 31.8 Å². The molecule has 0 saturated carbocycles. The molecule has 2 aromatic rings. The highest BCUT2D eigenvalue weighted by Gasteiger charge is 2.32. The van der Waals surface area contributed by atoms with Crippen LogP contribution in [0.15, 0.2) is 35.2 Å². The van der Waals surface area contributed by atoms with E-state index in [9.17, 15) is 14.4 Å². The summed E-state index contributed by atoms with van der Waals surface area (Å²) >= 11 is 6.67. The molecule has 2 saturated heterocycles. The number of nitrogens with zero attached hydrogens (tertiary/aromatic N) is 3. The second-order valence-electron chi connectivity index (χ2n) is 9.50. The third-order valence-corrected chi connectivity index (χ3v) is 8.18. The molecule has 0 spiro atoms. The number of fused-ring (bicyclic) bond motifs is 1. The molecule has 2 fully saturated rings. The fourth-order valence-electron chi connectivity index (χ4n) is 4.79. The maximum Gasteiger partial charge on any atom is 0.303 e. The monoisotopic (exact) mass is 567 g/mol. The van der Waals surface area contributed by atoms with Crippen molar-refractivity contribution in [3.8, 4) is 17.0 Å². The van der Waals surface area contributed by atoms with Crippen LogP contribution in [-0.2, 0) is 20.7 Å². The van der Waals surface area contributed by atoms with Crippen LogP contribution in [0.4, 0.5) is 0 Å². The van der Waals surface area contributed by atoms with Gasteiger partial charge in [0.05, 0.1) is 41.7 Å². The molecule has 4 heterocycles. The predicted octanol–water partition coefficient (Wildman–Crippen LogP) is 4.00. The molecule has 0 radical (unpaired) electrons. The molecule has 1 aromatic heterocycles. The molecular weight excluding hydrogens is 538 g/mol. The Bertz CT molecular complexity index is 1340. The smallest absolute Gasteiger partial charge is 0.303 e. The number of rotatable bonds is 9. The summed E-state index contributed by atoms with van der Waals surface area (Å²) in [5, 5.41) is 8.78. The second-order valence-corrected chi connectivity index (χ2v) is 11.2. The first-order chi connectivity index (χ1) is 18.9. The number of thioether (sulfide) groups is 1. The molecule has 0 unspecified atom stereocenters. The van der Waals surface area contributed by atoms with Gasteiger partial charge in [0.15, 0.2) is 0 Å². The van der Waals surface area contributed by atoms with Crippen molar-refractivity contribution in [1.29, 1.82) is 0 Å². The van der Waals surface area contributed by atoms with Crippen molar-refractivity contribution in [3.63, 3.8) is 0 Å². The van der Waals surface area contributed by atoms with Crippen molar-refractivity contribution in [3.05, 3.63) is 52.1 Å². The highest BCUT2D eigenvalue weighted by Crippen LogP contribution is 2.36. The normalized spacial score (nSPS) is 18.0. The zero-order valence-electron chi connectivity index (χ0n) is 21.4. The van der Waals surface area contributed by atoms with Gasteiger partial charge < -0.3 is 19.5 Å². The molecule has 9 nitrogen and oxygen atoms in total. The van der Waals surface area contributed by atoms with Crippen LogP contribution in [0, 0.1) is 0 Å². The molecule has 0 aliphatic carbocycles. The van der Waals surface area contributed by atoms with Gasteiger partial charge in [0.1, 0.15) is 10.1 Å². The van der Waals surface area contributed by atoms with Crippen molar-refractivity contribution in [2.24, 2.45) is 0 Å². The number of amides is 2. The molecular formula is C28H29N3O6S2. The highest BCUT2D eigenvalue weighted by atomic mass is 32.2. The topological polar surface area (TPSA) is 109 Å². The van der Waals surface area contributed by atoms with Crippen LogP contribution in [0.5, 0.6) is 5.75 Å². The quantitative estimate of drug-likeness (QED) is 0.273. The summed E-state index contributed by atoms with van der Waals surface area (Å²) in [4.78, 5) is 45.7. The van der Waals surface area contributed by atoms with E-state index < -0.39 is 5.97 Å². The van der Waals surface area contributed by atoms with E-state index in [1.165, 1.54) is 11.8 Å². The lowest BCUT2D eigenvalue weighted by atomic mass is 10.00. The van der Waals surface area contributed by atoms with Crippen LogP contribution in [0.1, 0.15) is 47.3 Å². The van der Waals surface area contributed by atoms with E-state index >= 15 is 0 Å². The SMILES string of the molecule is O=C(O)CCCCCN1C(=O)C(=Cc2cccc(-c3cc4c(c(C(=O)N5CCOCC5)c3)OCC4)n2)SC1=S. The number of aromatic nitrogens is 1. The summed E-state index contributed by atoms with van der Waals surface area (Å²) in [6.45, 7) is 3.14. The van der Waals surface area contributed by atoms with Gasteiger partial charge in [0, 0.05) is 38.0 Å². The number of aliphatic carboxylic acids is 1. The average molecular weight is 568 g/mol. The number of ether oxygens (including phenoxy) is 2. The van der Waals surface area contributed by atoms with Gasteiger partial charge in [0.25, 0.3) is 11.8 Å². The minimum Gasteiger partial charge on any atom is -0.492 e. The van der Waals surface area contributed by atoms with Gasteiger partial charge in [-0.15, -0.1) is 0 Å². The summed E-state index contributed by atoms with van der Waals surface area (Å²) in [6.07, 6.45) is 4.57. The molecule has 11 heteroatoms. The Morgan fingerprint density at radius 2 is 1.95 bits per heavy atom. The van der Waals surface area contributed by atoms with Gasteiger partial charge in [-0.05, 0) is 48.7 Å². The van der Waals surface area contributed by atoms with E-state index in [-0.39, 0.29) is 18.2 Å². The summed E-state index contributed by atoms with van der Waals surface area (Å²) < 4.78 is 11.7. The van der Waals surface area contributed by atoms with E-state index in [2.05, 4.69) is 0 Å². The molecule has 3 aliphatic rings. The van der Waals surface area contributed by atoms with Crippen LogP contribution in [0.3, 0.4) is 0 Å². The lowest BCUT2D eigenvalue weighted by Crippen LogP contribution is -2.40. The predicted molar refractivity (Wildman–Crippen MR) is 152 cm³/mol. The standard InChI is InChI=1S/C28H29N3O6S2/c32-24(33)7-2-1-3-9-31-27(35)23(39-28(31)38)17-20-5-4-6-22(29-20)19-15-18-8-12-37-25(18)21(16-19)26(34)30-10-13-36-14-11-30/h4-6,15-17H,1-3,7-14H2,(H,32,33). The van der Waals surface area contributed by atoms with Gasteiger partial charge >= 0.3 is 5.97 Å². The average Bonchev–Trinajstić information content (AvgIpc) is 3.52. The Kier molecular flexibility index (Phi) is 8.59. The zero-order valence-corrected chi connectivity index (χ0v) is 23.0. The van der Waals surface area contributed by atoms with Gasteiger partial charge in [0.2, 0.25) is 0 Å². The molecule has 0 atom stereocenters. The molecule has 1 aromatic carbocycles. The summed E-state index contributed by atoms with van der Waals surface area (Å²) in [5.41, 5.74) is 3.66. The van der Waals surface area contributed by atoms with Crippen molar-refractivity contribution in [2.45, 2.75) is 32.1 Å². The largest absolute Gasteiger partial charge is 0.492 e. The van der Waals surface area contributed by atoms with Crippen LogP contribution >= 0.6 is 24.0 Å². The molecule has 0 bridgehead atoms. The summed E-state index contributed by atoms with van der Waals surface area (Å²) in [7, 11) is 0. The molecule has 1 N–H and O–H groups in total. The van der Waals surface area contributed by atoms with Crippen molar-refractivity contribution < 1.29 is 29.0 Å². The first-order valence-corrected chi connectivity index (χ1v) is 14.2. The van der Waals surface area contributed by atoms with Crippen molar-refractivity contribution in [2.75, 3.05) is 39.5 Å². The lowest BCUT2D eigenvalue weighted by Gasteiger charge is -2.27. The second kappa shape index (κ2) is 12.3. The Morgan fingerprint density at radius 3 is 2.74 bits per heavy atom. The lowest BCUT2D eigenvalue weighted by molar-refractivity contribution is -0.137. The minimum absolute atomic E-state index is 0.0684. The van der Waals surface area contributed by atoms with Crippen LogP contribution in [-0.4, -0.2) is 81.4 Å². The number of carboxylic acids is 1. The number of carbonyl (C=O) groups is 3. The van der Waals surface area contributed by atoms with Gasteiger partial charge in [-0.2, -0.15) is 0 Å². The van der Waals surface area contributed by atoms with E-state index in [1.54, 1.807) is 15.9 Å². The number of carbonyl (C=O) groups excluding carboxylic acids is 2. The van der Waals surface area contributed by atoms with Gasteiger partial charge in [-0.25, -0.2) is 4.98 Å². The minimum atomic E-state index is -0.813. The molecule has 5 rings (SSSR count). The Hall–Kier alpha value is -3.28. The number of benzene rings is 1. The van der Waals surface area contributed by atoms with Crippen LogP contribution in [0.25, 0.3) is 17.3 Å². The van der Waals surface area contributed by atoms with Crippen molar-refractivity contribution in [1.82, 2.24) is 14.8 Å². The van der Waals surface area contributed by atoms with Gasteiger partial charge in [-0.3, -0.25) is 19.3 Å². The maximum absolute atomic E-state index is 13.4. The summed E-state index contributed by atoms with van der Waals surface area (Å²) in [5.74, 6) is -0.394. The number of hydrogen-bond acceptors (Lipinski definition) is 8. The molecule has 3 aliphatic heterocycles. The first kappa shape index (κ1) is 27.3. The summed E-state index contributed by atoms with van der Waals surface area (Å²) in [6, 6.07) is 9.47. The fraction of sp³-hybridized carbons (Fsp3) is 0.393. The number of morpholine rings is 1. The maximum atomic E-state index is 13.4. The number of thiocarbonyl (C=S) groups is 1. The van der Waals surface area contributed by atoms with Crippen LogP contribution in [0.2, 0.25) is 0 Å². The Labute approximate surface area is 236 Å². The number of hydrogen-bond donors (Lipinski definition) is 1. The number of unbranched alkanes of at least 4 members (excludes halogenated alkanes) is 2. The van der Waals surface area contributed by atoms with E-state index in [1.807, 2.05) is 30.3 Å². The van der Waals surface area contributed by atoms with Crippen LogP contribution < -0.4 is 4.74 Å². The third-order valence-electron chi connectivity index (χ3n) is 6.80. The molecule has 2 amide bonds. The number of pyridine rings is 1. The fourth-order valence-corrected chi connectivity index (χ4v) is 6.09. The first-order valence-electron chi connectivity index (χ1n) is 13.0. The third kappa shape index (κ3) is 6.32. The van der Waals surface area contributed by atoms with Crippen molar-refractivity contribution >= 4 is 52.2 Å².